The van der Waals surface area contributed by atoms with Gasteiger partial charge in [-0.1, -0.05) is 35.9 Å². The van der Waals surface area contributed by atoms with Gasteiger partial charge in [-0.3, -0.25) is 4.98 Å². The summed E-state index contributed by atoms with van der Waals surface area (Å²) in [5, 5.41) is 10.5. The van der Waals surface area contributed by atoms with Gasteiger partial charge in [-0.25, -0.2) is 24.3 Å². The molecule has 1 aliphatic rings. The van der Waals surface area contributed by atoms with E-state index < -0.39 is 6.03 Å². The predicted molar refractivity (Wildman–Crippen MR) is 165 cm³/mol. The van der Waals surface area contributed by atoms with Crippen molar-refractivity contribution in [2.24, 2.45) is 0 Å². The van der Waals surface area contributed by atoms with Crippen LogP contribution in [0.2, 0.25) is 5.02 Å². The second-order valence-corrected chi connectivity index (χ2v) is 10.3. The van der Waals surface area contributed by atoms with E-state index in [1.165, 1.54) is 18.8 Å². The number of nitrogens with zero attached hydrogens (tertiary/aromatic N) is 7. The molecule has 12 heteroatoms. The van der Waals surface area contributed by atoms with Crippen LogP contribution in [0.5, 0.6) is 11.8 Å². The van der Waals surface area contributed by atoms with Gasteiger partial charge in [-0.2, -0.15) is 5.10 Å². The molecule has 2 amide bonds. The van der Waals surface area contributed by atoms with Gasteiger partial charge in [0.1, 0.15) is 11.6 Å². The van der Waals surface area contributed by atoms with E-state index in [2.05, 4.69) is 35.6 Å². The summed E-state index contributed by atoms with van der Waals surface area (Å²) in [6.45, 7) is 2.06. The Kier molecular flexibility index (Phi) is 6.97. The minimum absolute atomic E-state index is 0.143. The summed E-state index contributed by atoms with van der Waals surface area (Å²) < 4.78 is 7.61. The number of benzene rings is 2. The number of rotatable bonds is 7. The lowest BCUT2D eigenvalue weighted by Gasteiger charge is -2.31. The van der Waals surface area contributed by atoms with Crippen LogP contribution in [0.4, 0.5) is 22.0 Å². The zero-order valence-corrected chi connectivity index (χ0v) is 23.4. The fourth-order valence-electron chi connectivity index (χ4n) is 4.70. The second kappa shape index (κ2) is 11.4. The third-order valence-corrected chi connectivity index (χ3v) is 7.23. The van der Waals surface area contributed by atoms with E-state index in [4.69, 9.17) is 21.3 Å². The molecule has 0 aliphatic carbocycles. The van der Waals surface area contributed by atoms with Crippen molar-refractivity contribution in [1.29, 1.82) is 0 Å². The van der Waals surface area contributed by atoms with Crippen molar-refractivity contribution in [3.8, 4) is 34.0 Å². The lowest BCUT2D eigenvalue weighted by Crippen LogP contribution is -2.37. The Bertz CT molecular complexity index is 1910. The largest absolute Gasteiger partial charge is 0.424 e. The zero-order valence-electron chi connectivity index (χ0n) is 22.7. The van der Waals surface area contributed by atoms with Crippen LogP contribution < -0.4 is 20.3 Å². The molecule has 212 valence electrons. The van der Waals surface area contributed by atoms with Crippen LogP contribution in [-0.2, 0) is 0 Å². The Morgan fingerprint density at radius 3 is 2.47 bits per heavy atom. The first-order valence-electron chi connectivity index (χ1n) is 13.6. The van der Waals surface area contributed by atoms with Crippen LogP contribution >= 0.6 is 11.6 Å². The fraction of sp³-hybridized carbons (Fsp3) is 0.0968. The highest BCUT2D eigenvalue weighted by Gasteiger charge is 2.18. The van der Waals surface area contributed by atoms with E-state index in [0.717, 1.165) is 46.8 Å². The first-order chi connectivity index (χ1) is 21.1. The Morgan fingerprint density at radius 1 is 0.884 bits per heavy atom. The number of urea groups is 1. The number of pyridine rings is 1. The molecular formula is C31H24ClN9O2. The summed E-state index contributed by atoms with van der Waals surface area (Å²) in [6.07, 6.45) is 11.3. The number of hydrogen-bond acceptors (Lipinski definition) is 8. The van der Waals surface area contributed by atoms with Crippen molar-refractivity contribution >= 4 is 40.5 Å². The monoisotopic (exact) mass is 589 g/mol. The molecule has 0 saturated carbocycles. The van der Waals surface area contributed by atoms with Crippen molar-refractivity contribution in [3.63, 3.8) is 0 Å². The first kappa shape index (κ1) is 26.4. The van der Waals surface area contributed by atoms with E-state index in [-0.39, 0.29) is 6.01 Å². The number of nitrogens with one attached hydrogen (secondary N) is 2. The average molecular weight is 590 g/mol. The second-order valence-electron chi connectivity index (χ2n) is 9.84. The van der Waals surface area contributed by atoms with Gasteiger partial charge in [-0.15, -0.1) is 0 Å². The van der Waals surface area contributed by atoms with Crippen molar-refractivity contribution in [1.82, 2.24) is 29.5 Å². The maximum atomic E-state index is 12.8. The van der Waals surface area contributed by atoms with Gasteiger partial charge in [0.2, 0.25) is 0 Å². The summed E-state index contributed by atoms with van der Waals surface area (Å²) in [7, 11) is 0. The maximum Gasteiger partial charge on any atom is 0.323 e. The van der Waals surface area contributed by atoms with Crippen molar-refractivity contribution in [3.05, 3.63) is 103 Å². The van der Waals surface area contributed by atoms with Crippen molar-refractivity contribution < 1.29 is 9.53 Å². The van der Waals surface area contributed by atoms with Crippen LogP contribution in [0.3, 0.4) is 0 Å². The molecule has 0 radical (unpaired) electrons. The van der Waals surface area contributed by atoms with Gasteiger partial charge in [0, 0.05) is 53.4 Å². The first-order valence-corrected chi connectivity index (χ1v) is 13.9. The molecule has 2 aromatic carbocycles. The Morgan fingerprint density at radius 2 is 1.72 bits per heavy atom. The minimum atomic E-state index is -0.473. The molecule has 1 aliphatic heterocycles. The molecule has 0 unspecified atom stereocenters. The number of anilines is 3. The smallest absolute Gasteiger partial charge is 0.323 e. The third kappa shape index (κ3) is 5.66. The molecule has 6 aromatic rings. The molecule has 4 aromatic heterocycles. The van der Waals surface area contributed by atoms with Crippen LogP contribution in [0, 0.1) is 0 Å². The van der Waals surface area contributed by atoms with Gasteiger partial charge in [-0.05, 0) is 48.4 Å². The lowest BCUT2D eigenvalue weighted by molar-refractivity contribution is 0.262. The number of aromatic nitrogens is 6. The van der Waals surface area contributed by atoms with E-state index in [0.29, 0.717) is 22.1 Å². The van der Waals surface area contributed by atoms with Crippen LogP contribution in [0.15, 0.2) is 97.8 Å². The van der Waals surface area contributed by atoms with Crippen LogP contribution in [0.1, 0.15) is 6.42 Å². The average Bonchev–Trinajstić information content (AvgIpc) is 3.42. The fourth-order valence-corrected chi connectivity index (χ4v) is 4.88. The molecule has 11 nitrogen and oxygen atoms in total. The molecule has 7 rings (SSSR count). The number of ether oxygens (including phenoxy) is 1. The van der Waals surface area contributed by atoms with E-state index in [9.17, 15) is 4.79 Å². The number of amides is 2. The van der Waals surface area contributed by atoms with E-state index >= 15 is 0 Å². The van der Waals surface area contributed by atoms with Gasteiger partial charge in [0.25, 0.3) is 0 Å². The highest BCUT2D eigenvalue weighted by atomic mass is 35.5. The molecular weight excluding hydrogens is 566 g/mol. The Hall–Kier alpha value is -5.55. The summed E-state index contributed by atoms with van der Waals surface area (Å²) in [5.41, 5.74) is 5.27. The standard InChI is InChI=1S/C31H24ClN9O2/c32-22-6-9-25(21-3-1-11-33-16-21)27(15-22)38-30(42)37-23-17-34-31(35-18-23)43-24-7-4-20(5-8-24)26-19-36-41-14-10-28(39-29(26)41)40-12-2-13-40/h1,3-11,14-19H,2,12-13H2,(H2,37,38,42). The lowest BCUT2D eigenvalue weighted by atomic mass is 10.1. The number of fused-ring (bicyclic) bond motifs is 1. The van der Waals surface area contributed by atoms with E-state index in [1.807, 2.05) is 60.9 Å². The van der Waals surface area contributed by atoms with E-state index in [1.54, 1.807) is 29.0 Å². The number of carbonyl (C=O) groups is 1. The predicted octanol–water partition coefficient (Wildman–Crippen LogP) is 6.55. The number of carbonyl (C=O) groups excluding carboxylic acids is 1. The Labute approximate surface area is 251 Å². The van der Waals surface area contributed by atoms with Crippen LogP contribution in [0.25, 0.3) is 27.9 Å². The van der Waals surface area contributed by atoms with Crippen molar-refractivity contribution in [2.45, 2.75) is 6.42 Å². The number of hydrogen-bond donors (Lipinski definition) is 2. The zero-order chi connectivity index (χ0) is 29.2. The maximum absolute atomic E-state index is 12.8. The molecule has 0 atom stereocenters. The molecule has 0 spiro atoms. The van der Waals surface area contributed by atoms with Gasteiger partial charge < -0.3 is 20.3 Å². The topological polar surface area (TPSA) is 122 Å². The van der Waals surface area contributed by atoms with Gasteiger partial charge in [0.05, 0.1) is 30.0 Å². The highest BCUT2D eigenvalue weighted by Crippen LogP contribution is 2.31. The van der Waals surface area contributed by atoms with Gasteiger partial charge >= 0.3 is 12.0 Å². The quantitative estimate of drug-likeness (QED) is 0.215. The summed E-state index contributed by atoms with van der Waals surface area (Å²) >= 11 is 6.18. The summed E-state index contributed by atoms with van der Waals surface area (Å²) in [5.74, 6) is 1.53. The highest BCUT2D eigenvalue weighted by molar-refractivity contribution is 6.31. The summed E-state index contributed by atoms with van der Waals surface area (Å²) in [4.78, 5) is 32.5. The molecule has 2 N–H and O–H groups in total. The number of halogens is 1. The Balaban J connectivity index is 1.00. The molecule has 0 bridgehead atoms. The molecule has 1 saturated heterocycles. The normalized spacial score (nSPS) is 12.5. The summed E-state index contributed by atoms with van der Waals surface area (Å²) in [6, 6.07) is 18.2. The molecule has 43 heavy (non-hydrogen) atoms. The van der Waals surface area contributed by atoms with Gasteiger partial charge in [0.15, 0.2) is 5.65 Å². The minimum Gasteiger partial charge on any atom is -0.424 e. The third-order valence-electron chi connectivity index (χ3n) is 7.00. The van der Waals surface area contributed by atoms with Crippen molar-refractivity contribution in [2.75, 3.05) is 28.6 Å². The van der Waals surface area contributed by atoms with Crippen LogP contribution in [-0.4, -0.2) is 48.7 Å². The SMILES string of the molecule is O=C(Nc1cnc(Oc2ccc(-c3cnn4ccc(N5CCC5)nc34)cc2)nc1)Nc1cc(Cl)ccc1-c1cccnc1. The molecule has 5 heterocycles. The molecule has 1 fully saturated rings.